The second-order valence-corrected chi connectivity index (χ2v) is 13.3. The predicted octanol–water partition coefficient (Wildman–Crippen LogP) is 3.14. The van der Waals surface area contributed by atoms with Crippen molar-refractivity contribution in [2.24, 2.45) is 16.5 Å². The molecule has 0 bridgehead atoms. The molecule has 4 amide bonds. The topological polar surface area (TPSA) is 265 Å². The van der Waals surface area contributed by atoms with Crippen molar-refractivity contribution in [3.8, 4) is 0 Å². The maximum absolute atomic E-state index is 12.6. The second-order valence-electron chi connectivity index (χ2n) is 12.1. The summed E-state index contributed by atoms with van der Waals surface area (Å²) >= 11 is 2.11. The molecule has 286 valence electrons. The van der Waals surface area contributed by atoms with E-state index in [4.69, 9.17) is 21.3 Å². The van der Waals surface area contributed by atoms with E-state index in [1.807, 2.05) is 13.0 Å². The van der Waals surface area contributed by atoms with Gasteiger partial charge in [-0.15, -0.1) is 0 Å². The second kappa shape index (κ2) is 26.6. The number of aliphatic carboxylic acids is 2. The molecule has 10 N–H and O–H groups in total. The van der Waals surface area contributed by atoms with Crippen LogP contribution in [0.2, 0.25) is 0 Å². The number of amides is 4. The highest BCUT2D eigenvalue weighted by Gasteiger charge is 2.20. The molecule has 2 atom stereocenters. The molecule has 0 saturated carbocycles. The van der Waals surface area contributed by atoms with Crippen molar-refractivity contribution in [3.05, 3.63) is 32.9 Å². The Hall–Kier alpha value is -4.16. The van der Waals surface area contributed by atoms with Gasteiger partial charge in [0.15, 0.2) is 5.96 Å². The summed E-state index contributed by atoms with van der Waals surface area (Å²) in [7, 11) is 0. The quantitative estimate of drug-likeness (QED) is 0.0276. The number of hydrogen-bond acceptors (Lipinski definition) is 8. The summed E-state index contributed by atoms with van der Waals surface area (Å²) in [6, 6.07) is 3.36. The molecule has 17 heteroatoms. The van der Waals surface area contributed by atoms with Gasteiger partial charge in [0, 0.05) is 35.1 Å². The number of alkyl carbamates (subject to hydrolysis) is 1. The van der Waals surface area contributed by atoms with E-state index >= 15 is 0 Å². The van der Waals surface area contributed by atoms with E-state index in [0.717, 1.165) is 28.4 Å². The molecule has 0 heterocycles. The molecule has 16 nitrogen and oxygen atoms in total. The zero-order valence-corrected chi connectivity index (χ0v) is 31.5. The van der Waals surface area contributed by atoms with Crippen LogP contribution < -0.4 is 32.7 Å². The first kappa shape index (κ1) is 44.9. The van der Waals surface area contributed by atoms with Gasteiger partial charge in [0.05, 0.1) is 13.2 Å². The number of nitrogens with two attached hydrogens (primary N) is 2. The number of halogens is 1. The molecule has 0 saturated heterocycles. The van der Waals surface area contributed by atoms with Crippen LogP contribution in [0.15, 0.2) is 23.2 Å². The minimum Gasteiger partial charge on any atom is -0.480 e. The molecule has 1 aromatic rings. The lowest BCUT2D eigenvalue weighted by Crippen LogP contribution is -2.41. The number of hydrogen-bond donors (Lipinski definition) is 8. The SMILES string of the molecule is CCC[C@H](NC(=O)OCCCCCNC(=O)CCCCCCC(=O)NC(CCCCNC(=O)c1cc([125I])cc(CN=C(N)N)c1)C(=O)O)C(=O)O. The molecule has 1 rings (SSSR count). The molecule has 0 aliphatic carbocycles. The van der Waals surface area contributed by atoms with Crippen LogP contribution in [0.3, 0.4) is 0 Å². The highest BCUT2D eigenvalue weighted by molar-refractivity contribution is 14.1. The fourth-order valence-corrected chi connectivity index (χ4v) is 5.63. The van der Waals surface area contributed by atoms with E-state index < -0.39 is 30.1 Å². The minimum absolute atomic E-state index is 0.0377. The molecule has 0 radical (unpaired) electrons. The number of carbonyl (C=O) groups is 6. The van der Waals surface area contributed by atoms with Crippen molar-refractivity contribution >= 4 is 64.3 Å². The summed E-state index contributed by atoms with van der Waals surface area (Å²) < 4.78 is 5.87. The maximum atomic E-state index is 12.6. The normalized spacial score (nSPS) is 11.8. The monoisotopic (exact) mass is 829 g/mol. The average Bonchev–Trinajstić information content (AvgIpc) is 3.07. The summed E-state index contributed by atoms with van der Waals surface area (Å²) in [5.41, 5.74) is 12.0. The molecule has 51 heavy (non-hydrogen) atoms. The number of carbonyl (C=O) groups excluding carboxylic acids is 4. The number of unbranched alkanes of at least 4 members (excludes halogenated alkanes) is 6. The lowest BCUT2D eigenvalue weighted by Gasteiger charge is -2.14. The number of carboxylic acid groups (broad SMARTS) is 2. The number of aliphatic imine (C=N–C) groups is 1. The summed E-state index contributed by atoms with van der Waals surface area (Å²) in [6.45, 7) is 3.09. The van der Waals surface area contributed by atoms with Crippen molar-refractivity contribution in [2.45, 2.75) is 115 Å². The van der Waals surface area contributed by atoms with Crippen LogP contribution in [-0.2, 0) is 30.5 Å². The van der Waals surface area contributed by atoms with Gasteiger partial charge in [-0.25, -0.2) is 19.4 Å². The molecular formula is C34H54IN7O9. The third-order valence-corrected chi connectivity index (χ3v) is 8.23. The van der Waals surface area contributed by atoms with Crippen LogP contribution >= 0.6 is 22.6 Å². The summed E-state index contributed by atoms with van der Waals surface area (Å²) in [5, 5.41) is 29.2. The maximum Gasteiger partial charge on any atom is 0.407 e. The number of guanidine groups is 1. The smallest absolute Gasteiger partial charge is 0.407 e. The highest BCUT2D eigenvalue weighted by atomic mass is 125. The third kappa shape index (κ3) is 22.3. The first-order valence-corrected chi connectivity index (χ1v) is 18.5. The Labute approximate surface area is 312 Å². The van der Waals surface area contributed by atoms with Crippen LogP contribution in [0.4, 0.5) is 4.79 Å². The van der Waals surface area contributed by atoms with Gasteiger partial charge in [0.1, 0.15) is 12.1 Å². The fraction of sp³-hybridized carbons (Fsp3) is 0.618. The van der Waals surface area contributed by atoms with E-state index in [-0.39, 0.29) is 49.7 Å². The molecular weight excluding hydrogens is 775 g/mol. The Morgan fingerprint density at radius 2 is 1.37 bits per heavy atom. The van der Waals surface area contributed by atoms with Crippen LogP contribution in [0.25, 0.3) is 0 Å². The first-order chi connectivity index (χ1) is 24.3. The number of nitrogens with one attached hydrogen (secondary N) is 4. The lowest BCUT2D eigenvalue weighted by atomic mass is 10.1. The van der Waals surface area contributed by atoms with Crippen LogP contribution in [0.5, 0.6) is 0 Å². The van der Waals surface area contributed by atoms with E-state index in [1.54, 1.807) is 12.1 Å². The van der Waals surface area contributed by atoms with E-state index in [0.29, 0.717) is 76.4 Å². The lowest BCUT2D eigenvalue weighted by molar-refractivity contribution is -0.142. The standard InChI is InChI=1S/C34H54IN7O9/c1-2-12-26(31(46)47)42-34(50)51-18-11-5-9-16-38-28(43)14-6-3-4-7-15-29(44)41-27(32(48)49)13-8-10-17-39-30(45)24-19-23(20-25(35)21-24)22-40-33(36)37/h19-21,26-27H,2-18,22H2,1H3,(H,38,43)(H,39,45)(H,41,44)(H,42,50)(H,46,47)(H,48,49)(H4,36,37,40)/t26-,27?/m0/s1/i35-2. The van der Waals surface area contributed by atoms with Crippen LogP contribution in [0.1, 0.15) is 113 Å². The van der Waals surface area contributed by atoms with Gasteiger partial charge in [-0.1, -0.05) is 26.2 Å². The zero-order valence-electron chi connectivity index (χ0n) is 29.3. The van der Waals surface area contributed by atoms with Crippen molar-refractivity contribution < 1.29 is 43.7 Å². The Morgan fingerprint density at radius 3 is 2.02 bits per heavy atom. The summed E-state index contributed by atoms with van der Waals surface area (Å²) in [4.78, 5) is 75.4. The van der Waals surface area contributed by atoms with Gasteiger partial charge in [-0.05, 0) is 104 Å². The van der Waals surface area contributed by atoms with Gasteiger partial charge < -0.3 is 47.7 Å². The number of ether oxygens (including phenoxy) is 1. The predicted molar refractivity (Wildman–Crippen MR) is 200 cm³/mol. The van der Waals surface area contributed by atoms with Gasteiger partial charge >= 0.3 is 18.0 Å². The Morgan fingerprint density at radius 1 is 0.765 bits per heavy atom. The minimum atomic E-state index is -1.11. The van der Waals surface area contributed by atoms with Crippen LogP contribution in [0, 0.1) is 3.57 Å². The molecule has 1 aromatic carbocycles. The molecule has 1 unspecified atom stereocenters. The van der Waals surface area contributed by atoms with E-state index in [2.05, 4.69) is 48.9 Å². The van der Waals surface area contributed by atoms with Crippen molar-refractivity contribution in [2.75, 3.05) is 19.7 Å². The van der Waals surface area contributed by atoms with Gasteiger partial charge in [0.2, 0.25) is 11.8 Å². The largest absolute Gasteiger partial charge is 0.480 e. The molecule has 0 spiro atoms. The summed E-state index contributed by atoms with van der Waals surface area (Å²) in [6.07, 6.45) is 6.78. The number of carboxylic acids is 2. The number of nitrogens with zero attached hydrogens (tertiary/aromatic N) is 1. The highest BCUT2D eigenvalue weighted by Crippen LogP contribution is 2.14. The average molecular weight is 830 g/mol. The number of benzene rings is 1. The first-order valence-electron chi connectivity index (χ1n) is 17.4. The zero-order chi connectivity index (χ0) is 38.0. The van der Waals surface area contributed by atoms with Crippen molar-refractivity contribution in [3.63, 3.8) is 0 Å². The Bertz CT molecular complexity index is 1310. The molecule has 0 aliphatic heterocycles. The van der Waals surface area contributed by atoms with E-state index in [9.17, 15) is 33.9 Å². The van der Waals surface area contributed by atoms with Gasteiger partial charge in [0.25, 0.3) is 5.91 Å². The molecule has 0 aliphatic rings. The Balaban J connectivity index is 2.13. The third-order valence-electron chi connectivity index (χ3n) is 7.60. The molecule has 0 fully saturated rings. The summed E-state index contributed by atoms with van der Waals surface area (Å²) in [5.74, 6) is -2.91. The van der Waals surface area contributed by atoms with Gasteiger partial charge in [-0.2, -0.15) is 0 Å². The van der Waals surface area contributed by atoms with Crippen molar-refractivity contribution in [1.29, 1.82) is 0 Å². The van der Waals surface area contributed by atoms with E-state index in [1.165, 1.54) is 0 Å². The van der Waals surface area contributed by atoms with Crippen molar-refractivity contribution in [1.82, 2.24) is 21.3 Å². The van der Waals surface area contributed by atoms with Crippen LogP contribution in [-0.4, -0.2) is 83.7 Å². The Kier molecular flexibility index (Phi) is 23.4. The number of rotatable bonds is 27. The molecule has 0 aromatic heterocycles. The fourth-order valence-electron chi connectivity index (χ4n) is 4.90. The van der Waals surface area contributed by atoms with Gasteiger partial charge in [-0.3, -0.25) is 14.4 Å².